The number of alkyl halides is 2. The molecule has 2 rings (SSSR count). The standard InChI is InChI=1S/C14H10F2O3/c1-14(15,16)12(18)7-8-6-11(17)9-4-2-3-5-10(9)13(8)19/h2-6H,7H2,1H3. The Morgan fingerprint density at radius 2 is 1.74 bits per heavy atom. The van der Waals surface area contributed by atoms with E-state index in [2.05, 4.69) is 0 Å². The Hall–Kier alpha value is -2.17. The van der Waals surface area contributed by atoms with Crippen molar-refractivity contribution in [2.24, 2.45) is 0 Å². The van der Waals surface area contributed by atoms with Crippen LogP contribution in [-0.2, 0) is 4.79 Å². The number of carbonyl (C=O) groups is 3. The third-order valence-electron chi connectivity index (χ3n) is 2.87. The highest BCUT2D eigenvalue weighted by Gasteiger charge is 2.35. The van der Waals surface area contributed by atoms with Gasteiger partial charge in [-0.3, -0.25) is 14.4 Å². The molecular weight excluding hydrogens is 254 g/mol. The molecule has 1 aliphatic rings. The van der Waals surface area contributed by atoms with Gasteiger partial charge in [-0.25, -0.2) is 0 Å². The minimum Gasteiger partial charge on any atom is -0.293 e. The number of hydrogen-bond acceptors (Lipinski definition) is 3. The van der Waals surface area contributed by atoms with Gasteiger partial charge in [0.2, 0.25) is 5.78 Å². The summed E-state index contributed by atoms with van der Waals surface area (Å²) in [6, 6.07) is 6.10. The van der Waals surface area contributed by atoms with Gasteiger partial charge < -0.3 is 0 Å². The van der Waals surface area contributed by atoms with E-state index >= 15 is 0 Å². The molecule has 0 fully saturated rings. The van der Waals surface area contributed by atoms with Gasteiger partial charge in [-0.1, -0.05) is 24.3 Å². The van der Waals surface area contributed by atoms with Gasteiger partial charge in [0.25, 0.3) is 0 Å². The van der Waals surface area contributed by atoms with Crippen LogP contribution in [0.25, 0.3) is 0 Å². The van der Waals surface area contributed by atoms with Crippen LogP contribution in [0.3, 0.4) is 0 Å². The summed E-state index contributed by atoms with van der Waals surface area (Å²) in [4.78, 5) is 35.0. The van der Waals surface area contributed by atoms with Crippen LogP contribution in [0.5, 0.6) is 0 Å². The Morgan fingerprint density at radius 1 is 1.16 bits per heavy atom. The number of carbonyl (C=O) groups excluding carboxylic acids is 3. The summed E-state index contributed by atoms with van der Waals surface area (Å²) in [6.07, 6.45) is 0.233. The van der Waals surface area contributed by atoms with Crippen LogP contribution >= 0.6 is 0 Å². The van der Waals surface area contributed by atoms with Gasteiger partial charge in [-0.05, 0) is 6.08 Å². The molecule has 1 aromatic rings. The SMILES string of the molecule is CC(F)(F)C(=O)CC1=CC(=O)c2ccccc2C1=O. The monoisotopic (exact) mass is 264 g/mol. The number of hydrogen-bond donors (Lipinski definition) is 0. The van der Waals surface area contributed by atoms with Crippen molar-refractivity contribution in [1.29, 1.82) is 0 Å². The van der Waals surface area contributed by atoms with Crippen LogP contribution in [0, 0.1) is 0 Å². The largest absolute Gasteiger partial charge is 0.302 e. The molecule has 0 bridgehead atoms. The minimum atomic E-state index is -3.51. The quantitative estimate of drug-likeness (QED) is 0.843. The van der Waals surface area contributed by atoms with E-state index < -0.39 is 29.7 Å². The lowest BCUT2D eigenvalue weighted by Gasteiger charge is -2.15. The molecule has 0 unspecified atom stereocenters. The predicted octanol–water partition coefficient (Wildman–Crippen LogP) is 2.61. The van der Waals surface area contributed by atoms with E-state index in [-0.39, 0.29) is 16.7 Å². The molecule has 0 N–H and O–H groups in total. The molecule has 0 radical (unpaired) electrons. The maximum atomic E-state index is 12.8. The molecule has 0 saturated carbocycles. The average Bonchev–Trinajstić information content (AvgIpc) is 2.34. The third-order valence-corrected chi connectivity index (χ3v) is 2.87. The zero-order valence-electron chi connectivity index (χ0n) is 10.1. The van der Waals surface area contributed by atoms with Gasteiger partial charge >= 0.3 is 5.92 Å². The van der Waals surface area contributed by atoms with E-state index in [1.54, 1.807) is 12.1 Å². The highest BCUT2D eigenvalue weighted by molar-refractivity contribution is 6.25. The van der Waals surface area contributed by atoms with E-state index in [9.17, 15) is 23.2 Å². The Kier molecular flexibility index (Phi) is 3.14. The number of benzene rings is 1. The van der Waals surface area contributed by atoms with Crippen molar-refractivity contribution in [2.75, 3.05) is 0 Å². The topological polar surface area (TPSA) is 51.2 Å². The summed E-state index contributed by atoms with van der Waals surface area (Å²) in [7, 11) is 0. The second kappa shape index (κ2) is 4.50. The van der Waals surface area contributed by atoms with Gasteiger partial charge in [-0.15, -0.1) is 0 Å². The zero-order chi connectivity index (χ0) is 14.2. The number of allylic oxidation sites excluding steroid dienone is 2. The summed E-state index contributed by atoms with van der Waals surface area (Å²) >= 11 is 0. The van der Waals surface area contributed by atoms with Crippen LogP contribution in [0.15, 0.2) is 35.9 Å². The normalized spacial score (nSPS) is 15.0. The van der Waals surface area contributed by atoms with Crippen molar-refractivity contribution in [3.05, 3.63) is 47.0 Å². The molecule has 0 aromatic heterocycles. The van der Waals surface area contributed by atoms with Crippen molar-refractivity contribution in [2.45, 2.75) is 19.3 Å². The number of fused-ring (bicyclic) bond motifs is 1. The summed E-state index contributed by atoms with van der Waals surface area (Å²) < 4.78 is 25.6. The smallest absolute Gasteiger partial charge is 0.293 e. The van der Waals surface area contributed by atoms with E-state index in [0.29, 0.717) is 6.92 Å². The summed E-state index contributed by atoms with van der Waals surface area (Å²) in [5.41, 5.74) is 0.194. The van der Waals surface area contributed by atoms with E-state index in [1.165, 1.54) is 12.1 Å². The zero-order valence-corrected chi connectivity index (χ0v) is 10.1. The summed E-state index contributed by atoms with van der Waals surface area (Å²) in [6.45, 7) is 0.471. The van der Waals surface area contributed by atoms with E-state index in [1.807, 2.05) is 0 Å². The molecule has 0 aliphatic heterocycles. The first kappa shape index (κ1) is 13.3. The van der Waals surface area contributed by atoms with Crippen molar-refractivity contribution in [3.63, 3.8) is 0 Å². The molecular formula is C14H10F2O3. The van der Waals surface area contributed by atoms with Crippen LogP contribution in [0.4, 0.5) is 8.78 Å². The van der Waals surface area contributed by atoms with Gasteiger partial charge in [0.15, 0.2) is 11.6 Å². The van der Waals surface area contributed by atoms with Crippen LogP contribution in [0.2, 0.25) is 0 Å². The molecule has 0 amide bonds. The second-order valence-corrected chi connectivity index (χ2v) is 4.40. The number of ketones is 3. The van der Waals surface area contributed by atoms with Crippen LogP contribution in [-0.4, -0.2) is 23.3 Å². The van der Waals surface area contributed by atoms with Gasteiger partial charge in [0.05, 0.1) is 0 Å². The van der Waals surface area contributed by atoms with Crippen molar-refractivity contribution in [3.8, 4) is 0 Å². The number of halogens is 2. The first-order valence-electron chi connectivity index (χ1n) is 5.60. The lowest BCUT2D eigenvalue weighted by molar-refractivity contribution is -0.139. The Balaban J connectivity index is 2.34. The molecule has 98 valence electrons. The summed E-state index contributed by atoms with van der Waals surface area (Å²) in [5.74, 6) is -5.88. The second-order valence-electron chi connectivity index (χ2n) is 4.40. The molecule has 0 spiro atoms. The Bertz CT molecular complexity index is 609. The maximum absolute atomic E-state index is 12.8. The van der Waals surface area contributed by atoms with E-state index in [4.69, 9.17) is 0 Å². The van der Waals surface area contributed by atoms with Gasteiger partial charge in [0.1, 0.15) is 0 Å². The lowest BCUT2D eigenvalue weighted by atomic mass is 9.87. The fourth-order valence-corrected chi connectivity index (χ4v) is 1.83. The molecule has 19 heavy (non-hydrogen) atoms. The fourth-order valence-electron chi connectivity index (χ4n) is 1.83. The average molecular weight is 264 g/mol. The number of rotatable bonds is 3. The molecule has 1 aliphatic carbocycles. The molecule has 1 aromatic carbocycles. The Morgan fingerprint density at radius 3 is 2.32 bits per heavy atom. The van der Waals surface area contributed by atoms with Gasteiger partial charge in [-0.2, -0.15) is 8.78 Å². The molecule has 0 saturated heterocycles. The fraction of sp³-hybridized carbons (Fsp3) is 0.214. The summed E-state index contributed by atoms with van der Waals surface area (Å²) in [5, 5.41) is 0. The lowest BCUT2D eigenvalue weighted by Crippen LogP contribution is -2.27. The first-order valence-corrected chi connectivity index (χ1v) is 5.60. The predicted molar refractivity (Wildman–Crippen MR) is 63.4 cm³/mol. The van der Waals surface area contributed by atoms with Crippen LogP contribution in [0.1, 0.15) is 34.1 Å². The molecule has 0 atom stereocenters. The van der Waals surface area contributed by atoms with E-state index in [0.717, 1.165) is 6.08 Å². The Labute approximate surface area is 107 Å². The third kappa shape index (κ3) is 2.50. The maximum Gasteiger partial charge on any atom is 0.302 e. The first-order chi connectivity index (χ1) is 8.80. The minimum absolute atomic E-state index is 0.150. The van der Waals surface area contributed by atoms with Crippen molar-refractivity contribution < 1.29 is 23.2 Å². The van der Waals surface area contributed by atoms with Gasteiger partial charge in [0, 0.05) is 30.0 Å². The molecule has 5 heteroatoms. The highest BCUT2D eigenvalue weighted by atomic mass is 19.3. The van der Waals surface area contributed by atoms with Crippen LogP contribution < -0.4 is 0 Å². The van der Waals surface area contributed by atoms with Crippen molar-refractivity contribution >= 4 is 17.3 Å². The van der Waals surface area contributed by atoms with Crippen molar-refractivity contribution in [1.82, 2.24) is 0 Å². The molecule has 0 heterocycles. The number of Topliss-reactive ketones (excluding diaryl/α,β-unsaturated/α-hetero) is 2. The highest BCUT2D eigenvalue weighted by Crippen LogP contribution is 2.25. The molecule has 3 nitrogen and oxygen atoms in total.